The lowest BCUT2D eigenvalue weighted by Gasteiger charge is -2.04. The molecule has 21 heavy (non-hydrogen) atoms. The van der Waals surface area contributed by atoms with Crippen molar-refractivity contribution in [2.45, 2.75) is 0 Å². The molecule has 108 valence electrons. The largest absolute Gasteiger partial charge is 0.482 e. The van der Waals surface area contributed by atoms with Crippen molar-refractivity contribution >= 4 is 40.5 Å². The van der Waals surface area contributed by atoms with Gasteiger partial charge >= 0.3 is 5.97 Å². The zero-order valence-electron chi connectivity index (χ0n) is 11.5. The van der Waals surface area contributed by atoms with Crippen LogP contribution in [-0.4, -0.2) is 25.9 Å². The first-order valence-electron chi connectivity index (χ1n) is 6.27. The fourth-order valence-electron chi connectivity index (χ4n) is 1.53. The Morgan fingerprint density at radius 2 is 1.81 bits per heavy atom. The average Bonchev–Trinajstić information content (AvgIpc) is 2.53. The number of carbonyl (C=O) groups excluding carboxylic acids is 1. The molecular formula is C16H14INO3. The number of benzene rings is 2. The van der Waals surface area contributed by atoms with Crippen LogP contribution >= 0.6 is 22.6 Å². The van der Waals surface area contributed by atoms with Gasteiger partial charge < -0.3 is 9.47 Å². The predicted octanol–water partition coefficient (Wildman–Crippen LogP) is 3.59. The van der Waals surface area contributed by atoms with Crippen molar-refractivity contribution in [3.8, 4) is 5.75 Å². The summed E-state index contributed by atoms with van der Waals surface area (Å²) >= 11 is 2.26. The fourth-order valence-corrected chi connectivity index (χ4v) is 1.89. The first kappa shape index (κ1) is 15.5. The number of nitrogens with zero attached hydrogens (tertiary/aromatic N) is 1. The van der Waals surface area contributed by atoms with E-state index in [1.807, 2.05) is 36.4 Å². The number of methoxy groups -OCH3 is 1. The minimum Gasteiger partial charge on any atom is -0.482 e. The maximum atomic E-state index is 11.0. The number of hydrogen-bond donors (Lipinski definition) is 0. The van der Waals surface area contributed by atoms with Gasteiger partial charge in [0.1, 0.15) is 5.75 Å². The Hall–Kier alpha value is -1.89. The van der Waals surface area contributed by atoms with Gasteiger partial charge in [0.15, 0.2) is 6.61 Å². The zero-order chi connectivity index (χ0) is 15.1. The van der Waals surface area contributed by atoms with Gasteiger partial charge in [-0.25, -0.2) is 4.79 Å². The molecule has 0 saturated heterocycles. The van der Waals surface area contributed by atoms with E-state index in [9.17, 15) is 4.79 Å². The lowest BCUT2D eigenvalue weighted by molar-refractivity contribution is -0.142. The molecule has 0 fully saturated rings. The molecule has 2 rings (SSSR count). The molecule has 0 spiro atoms. The molecule has 0 aliphatic heterocycles. The summed E-state index contributed by atoms with van der Waals surface area (Å²) in [4.78, 5) is 15.4. The molecule has 0 N–H and O–H groups in total. The monoisotopic (exact) mass is 395 g/mol. The van der Waals surface area contributed by atoms with Crippen LogP contribution in [0.4, 0.5) is 5.69 Å². The Balaban J connectivity index is 1.95. The summed E-state index contributed by atoms with van der Waals surface area (Å²) in [5, 5.41) is 0. The molecular weight excluding hydrogens is 381 g/mol. The highest BCUT2D eigenvalue weighted by Gasteiger charge is 2.01. The molecule has 5 heteroatoms. The maximum Gasteiger partial charge on any atom is 0.343 e. The van der Waals surface area contributed by atoms with E-state index in [-0.39, 0.29) is 6.61 Å². The smallest absolute Gasteiger partial charge is 0.343 e. The predicted molar refractivity (Wildman–Crippen MR) is 90.4 cm³/mol. The lowest BCUT2D eigenvalue weighted by atomic mass is 10.2. The van der Waals surface area contributed by atoms with Crippen molar-refractivity contribution < 1.29 is 14.3 Å². The topological polar surface area (TPSA) is 47.9 Å². The number of ether oxygens (including phenoxy) is 2. The zero-order valence-corrected chi connectivity index (χ0v) is 13.6. The number of halogens is 1. The number of esters is 1. The molecule has 2 aromatic rings. The van der Waals surface area contributed by atoms with E-state index in [1.165, 1.54) is 10.7 Å². The Kier molecular flexibility index (Phi) is 5.74. The van der Waals surface area contributed by atoms with Crippen molar-refractivity contribution in [3.63, 3.8) is 0 Å². The normalized spacial score (nSPS) is 10.6. The van der Waals surface area contributed by atoms with Crippen LogP contribution in [0, 0.1) is 3.57 Å². The van der Waals surface area contributed by atoms with Gasteiger partial charge in [-0.15, -0.1) is 0 Å². The van der Waals surface area contributed by atoms with Crippen LogP contribution in [-0.2, 0) is 9.53 Å². The molecule has 0 unspecified atom stereocenters. The molecule has 0 bridgehead atoms. The highest BCUT2D eigenvalue weighted by atomic mass is 127. The summed E-state index contributed by atoms with van der Waals surface area (Å²) in [6, 6.07) is 15.3. The Labute approximate surface area is 136 Å². The minimum absolute atomic E-state index is 0.0907. The van der Waals surface area contributed by atoms with Crippen molar-refractivity contribution in [1.29, 1.82) is 0 Å². The summed E-state index contributed by atoms with van der Waals surface area (Å²) in [6.07, 6.45) is 1.78. The van der Waals surface area contributed by atoms with Crippen molar-refractivity contribution in [2.24, 2.45) is 4.99 Å². The summed E-state index contributed by atoms with van der Waals surface area (Å²) in [6.45, 7) is -0.0907. The second kappa shape index (κ2) is 7.78. The van der Waals surface area contributed by atoms with Crippen LogP contribution in [0.1, 0.15) is 5.56 Å². The third-order valence-electron chi connectivity index (χ3n) is 2.65. The molecule has 0 radical (unpaired) electrons. The van der Waals surface area contributed by atoms with E-state index in [4.69, 9.17) is 4.74 Å². The Morgan fingerprint density at radius 1 is 1.14 bits per heavy atom. The van der Waals surface area contributed by atoms with E-state index < -0.39 is 5.97 Å². The minimum atomic E-state index is -0.403. The summed E-state index contributed by atoms with van der Waals surface area (Å²) < 4.78 is 11.0. The second-order valence-corrected chi connectivity index (χ2v) is 5.41. The Morgan fingerprint density at radius 3 is 2.43 bits per heavy atom. The van der Waals surface area contributed by atoms with Gasteiger partial charge in [-0.3, -0.25) is 4.99 Å². The molecule has 0 amide bonds. The van der Waals surface area contributed by atoms with Crippen LogP contribution in [0.15, 0.2) is 53.5 Å². The van der Waals surface area contributed by atoms with E-state index >= 15 is 0 Å². The third kappa shape index (κ3) is 5.18. The van der Waals surface area contributed by atoms with E-state index in [2.05, 4.69) is 32.3 Å². The van der Waals surface area contributed by atoms with Gasteiger partial charge in [0.25, 0.3) is 0 Å². The molecule has 0 aromatic heterocycles. The standard InChI is InChI=1S/C16H14INO3/c1-20-16(19)11-21-15-8-2-12(3-9-15)10-18-14-6-4-13(17)5-7-14/h2-10H,11H2,1H3. The molecule has 0 aliphatic carbocycles. The molecule has 4 nitrogen and oxygen atoms in total. The molecule has 0 aliphatic rings. The number of aliphatic imine (C=N–C) groups is 1. The van der Waals surface area contributed by atoms with Crippen LogP contribution in [0.25, 0.3) is 0 Å². The lowest BCUT2D eigenvalue weighted by Crippen LogP contribution is -2.12. The fraction of sp³-hybridized carbons (Fsp3) is 0.125. The Bertz CT molecular complexity index is 621. The van der Waals surface area contributed by atoms with Gasteiger partial charge in [0.05, 0.1) is 12.8 Å². The highest BCUT2D eigenvalue weighted by molar-refractivity contribution is 14.1. The van der Waals surface area contributed by atoms with Gasteiger partial charge in [-0.2, -0.15) is 0 Å². The molecule has 0 saturated carbocycles. The third-order valence-corrected chi connectivity index (χ3v) is 3.37. The van der Waals surface area contributed by atoms with Gasteiger partial charge in [-0.05, 0) is 76.7 Å². The summed E-state index contributed by atoms with van der Waals surface area (Å²) in [5.41, 5.74) is 1.86. The second-order valence-electron chi connectivity index (χ2n) is 4.17. The number of hydrogen-bond acceptors (Lipinski definition) is 4. The number of rotatable bonds is 5. The van der Waals surface area contributed by atoms with Crippen LogP contribution in [0.5, 0.6) is 5.75 Å². The SMILES string of the molecule is COC(=O)COc1ccc(C=Nc2ccc(I)cc2)cc1. The molecule has 0 heterocycles. The quantitative estimate of drug-likeness (QED) is 0.442. The van der Waals surface area contributed by atoms with Crippen LogP contribution in [0.2, 0.25) is 0 Å². The first-order chi connectivity index (χ1) is 10.2. The van der Waals surface area contributed by atoms with E-state index in [1.54, 1.807) is 18.3 Å². The average molecular weight is 395 g/mol. The van der Waals surface area contributed by atoms with Gasteiger partial charge in [0.2, 0.25) is 0 Å². The van der Waals surface area contributed by atoms with Gasteiger partial charge in [-0.1, -0.05) is 0 Å². The summed E-state index contributed by atoms with van der Waals surface area (Å²) in [5.74, 6) is 0.214. The first-order valence-corrected chi connectivity index (χ1v) is 7.34. The molecule has 2 aromatic carbocycles. The van der Waals surface area contributed by atoms with Crippen LogP contribution in [0.3, 0.4) is 0 Å². The maximum absolute atomic E-state index is 11.0. The van der Waals surface area contributed by atoms with Crippen molar-refractivity contribution in [1.82, 2.24) is 0 Å². The van der Waals surface area contributed by atoms with Crippen molar-refractivity contribution in [2.75, 3.05) is 13.7 Å². The van der Waals surface area contributed by atoms with Gasteiger partial charge in [0, 0.05) is 9.78 Å². The van der Waals surface area contributed by atoms with E-state index in [0.29, 0.717) is 5.75 Å². The van der Waals surface area contributed by atoms with Crippen molar-refractivity contribution in [3.05, 3.63) is 57.7 Å². The highest BCUT2D eigenvalue weighted by Crippen LogP contribution is 2.15. The van der Waals surface area contributed by atoms with E-state index in [0.717, 1.165) is 11.3 Å². The molecule has 0 atom stereocenters. The van der Waals surface area contributed by atoms with Crippen LogP contribution < -0.4 is 4.74 Å². The summed E-state index contributed by atoms with van der Waals surface area (Å²) in [7, 11) is 1.33. The number of carbonyl (C=O) groups is 1.